The molecule has 2 fully saturated rings. The van der Waals surface area contributed by atoms with E-state index in [0.717, 1.165) is 18.8 Å². The molecule has 1 saturated carbocycles. The number of carbonyl (C=O) groups excluding carboxylic acids is 1. The Hall–Kier alpha value is -0.465. The predicted octanol–water partition coefficient (Wildman–Crippen LogP) is 2.64. The van der Waals surface area contributed by atoms with Crippen LogP contribution in [0.15, 0.2) is 0 Å². The van der Waals surface area contributed by atoms with E-state index in [0.29, 0.717) is 23.8 Å². The minimum atomic E-state index is 0.339. The third-order valence-corrected chi connectivity index (χ3v) is 5.03. The van der Waals surface area contributed by atoms with Crippen molar-refractivity contribution in [3.63, 3.8) is 0 Å². The first-order valence-electron chi connectivity index (χ1n) is 7.90. The molecule has 0 spiro atoms. The number of rotatable bonds is 1. The normalized spacial score (nSPS) is 34.7. The van der Waals surface area contributed by atoms with E-state index >= 15 is 0 Å². The van der Waals surface area contributed by atoms with Crippen molar-refractivity contribution >= 4 is 13.8 Å². The topological polar surface area (TPSA) is 20.3 Å². The molecule has 0 N–H and O–H groups in total. The van der Waals surface area contributed by atoms with Gasteiger partial charge in [-0.2, -0.15) is 0 Å². The van der Waals surface area contributed by atoms with Gasteiger partial charge < -0.3 is 4.90 Å². The SMILES string of the molecule is BC1CCCCC2C(=O)N(C(C)C)CCC2CC1. The Morgan fingerprint density at radius 2 is 1.83 bits per heavy atom. The maximum absolute atomic E-state index is 12.6. The molecule has 2 rings (SSSR count). The summed E-state index contributed by atoms with van der Waals surface area (Å²) in [5, 5.41) is 0. The molecule has 0 aromatic rings. The second kappa shape index (κ2) is 6.12. The fourth-order valence-corrected chi connectivity index (χ4v) is 3.75. The smallest absolute Gasteiger partial charge is 0.226 e. The summed E-state index contributed by atoms with van der Waals surface area (Å²) >= 11 is 0. The summed E-state index contributed by atoms with van der Waals surface area (Å²) in [6, 6.07) is 0.380. The summed E-state index contributed by atoms with van der Waals surface area (Å²) in [4.78, 5) is 14.7. The van der Waals surface area contributed by atoms with Crippen LogP contribution < -0.4 is 0 Å². The van der Waals surface area contributed by atoms with Gasteiger partial charge in [0, 0.05) is 18.5 Å². The summed E-state index contributed by atoms with van der Waals surface area (Å²) in [6.07, 6.45) is 8.92. The highest BCUT2D eigenvalue weighted by molar-refractivity contribution is 6.11. The van der Waals surface area contributed by atoms with Crippen LogP contribution in [0.4, 0.5) is 0 Å². The van der Waals surface area contributed by atoms with Crippen LogP contribution in [-0.4, -0.2) is 31.2 Å². The summed E-state index contributed by atoms with van der Waals surface area (Å²) in [5.41, 5.74) is 0. The molecule has 18 heavy (non-hydrogen) atoms. The van der Waals surface area contributed by atoms with Crippen LogP contribution in [-0.2, 0) is 4.79 Å². The summed E-state index contributed by atoms with van der Waals surface area (Å²) in [7, 11) is 2.38. The number of piperidine rings is 1. The molecule has 0 aromatic carbocycles. The zero-order valence-electron chi connectivity index (χ0n) is 12.3. The van der Waals surface area contributed by atoms with Crippen LogP contribution in [0.2, 0.25) is 5.82 Å². The molecule has 1 aliphatic heterocycles. The summed E-state index contributed by atoms with van der Waals surface area (Å²) in [5.74, 6) is 2.33. The molecule has 3 heteroatoms. The summed E-state index contributed by atoms with van der Waals surface area (Å²) in [6.45, 7) is 5.29. The average Bonchev–Trinajstić information content (AvgIpc) is 2.41. The van der Waals surface area contributed by atoms with E-state index in [1.165, 1.54) is 38.5 Å². The lowest BCUT2D eigenvalue weighted by molar-refractivity contribution is -0.143. The zero-order chi connectivity index (χ0) is 13.1. The van der Waals surface area contributed by atoms with E-state index in [1.54, 1.807) is 0 Å². The first-order chi connectivity index (χ1) is 8.59. The predicted molar refractivity (Wildman–Crippen MR) is 78.4 cm³/mol. The number of likely N-dealkylation sites (tertiary alicyclic amines) is 1. The van der Waals surface area contributed by atoms with Gasteiger partial charge in [-0.15, -0.1) is 0 Å². The minimum Gasteiger partial charge on any atom is -0.340 e. The highest BCUT2D eigenvalue weighted by atomic mass is 16.2. The molecule has 2 aliphatic rings. The van der Waals surface area contributed by atoms with Gasteiger partial charge >= 0.3 is 0 Å². The Kier molecular flexibility index (Phi) is 4.74. The number of hydrogen-bond donors (Lipinski definition) is 0. The Bertz CT molecular complexity index is 292. The van der Waals surface area contributed by atoms with Crippen molar-refractivity contribution in [3.05, 3.63) is 0 Å². The Morgan fingerprint density at radius 1 is 1.11 bits per heavy atom. The monoisotopic (exact) mass is 249 g/mol. The van der Waals surface area contributed by atoms with Crippen molar-refractivity contribution in [2.45, 2.75) is 70.7 Å². The number of amides is 1. The van der Waals surface area contributed by atoms with Crippen molar-refractivity contribution < 1.29 is 4.79 Å². The van der Waals surface area contributed by atoms with Gasteiger partial charge in [0.1, 0.15) is 7.85 Å². The van der Waals surface area contributed by atoms with Gasteiger partial charge in [0.25, 0.3) is 0 Å². The van der Waals surface area contributed by atoms with Crippen molar-refractivity contribution in [3.8, 4) is 0 Å². The van der Waals surface area contributed by atoms with Gasteiger partial charge in [0.2, 0.25) is 5.91 Å². The van der Waals surface area contributed by atoms with E-state index in [4.69, 9.17) is 0 Å². The number of hydrogen-bond acceptors (Lipinski definition) is 1. The molecule has 1 heterocycles. The fraction of sp³-hybridized carbons (Fsp3) is 0.933. The van der Waals surface area contributed by atoms with E-state index in [-0.39, 0.29) is 0 Å². The van der Waals surface area contributed by atoms with Gasteiger partial charge in [-0.1, -0.05) is 37.9 Å². The van der Waals surface area contributed by atoms with Gasteiger partial charge in [-0.05, 0) is 32.6 Å². The molecule has 102 valence electrons. The molecule has 3 atom stereocenters. The Labute approximate surface area is 113 Å². The third-order valence-electron chi connectivity index (χ3n) is 5.03. The van der Waals surface area contributed by atoms with E-state index in [1.807, 2.05) is 0 Å². The van der Waals surface area contributed by atoms with Crippen LogP contribution in [0.1, 0.15) is 58.8 Å². The van der Waals surface area contributed by atoms with Crippen molar-refractivity contribution in [1.29, 1.82) is 0 Å². The largest absolute Gasteiger partial charge is 0.340 e. The van der Waals surface area contributed by atoms with Crippen molar-refractivity contribution in [2.24, 2.45) is 11.8 Å². The maximum atomic E-state index is 12.6. The van der Waals surface area contributed by atoms with E-state index in [9.17, 15) is 4.79 Å². The third kappa shape index (κ3) is 3.10. The molecule has 3 unspecified atom stereocenters. The molecule has 0 aromatic heterocycles. The van der Waals surface area contributed by atoms with Crippen LogP contribution in [0.5, 0.6) is 0 Å². The van der Waals surface area contributed by atoms with E-state index < -0.39 is 0 Å². The Morgan fingerprint density at radius 3 is 2.56 bits per heavy atom. The highest BCUT2D eigenvalue weighted by Crippen LogP contribution is 2.36. The van der Waals surface area contributed by atoms with E-state index in [2.05, 4.69) is 26.6 Å². The maximum Gasteiger partial charge on any atom is 0.226 e. The fourth-order valence-electron chi connectivity index (χ4n) is 3.75. The standard InChI is InChI=1S/C15H28BNO/c1-11(2)17-10-9-12-7-8-13(16)5-3-4-6-14(12)15(17)18/h11-14H,3-10,16H2,1-2H3. The minimum absolute atomic E-state index is 0.339. The number of carbonyl (C=O) groups is 1. The quantitative estimate of drug-likeness (QED) is 0.654. The lowest BCUT2D eigenvalue weighted by Gasteiger charge is -2.40. The second-order valence-corrected chi connectivity index (χ2v) is 6.75. The number of nitrogens with zero attached hydrogens (tertiary/aromatic N) is 1. The second-order valence-electron chi connectivity index (χ2n) is 6.75. The first-order valence-corrected chi connectivity index (χ1v) is 7.90. The van der Waals surface area contributed by atoms with Gasteiger partial charge in [-0.25, -0.2) is 0 Å². The lowest BCUT2D eigenvalue weighted by Crippen LogP contribution is -2.48. The molecule has 1 amide bonds. The van der Waals surface area contributed by atoms with Crippen LogP contribution in [0, 0.1) is 11.8 Å². The van der Waals surface area contributed by atoms with Crippen LogP contribution in [0.25, 0.3) is 0 Å². The lowest BCUT2D eigenvalue weighted by atomic mass is 9.75. The summed E-state index contributed by atoms with van der Waals surface area (Å²) < 4.78 is 0. The molecule has 0 bridgehead atoms. The average molecular weight is 249 g/mol. The van der Waals surface area contributed by atoms with Crippen molar-refractivity contribution in [1.82, 2.24) is 4.90 Å². The molecule has 1 saturated heterocycles. The molecule has 0 radical (unpaired) electrons. The van der Waals surface area contributed by atoms with Gasteiger partial charge in [0.15, 0.2) is 0 Å². The molecular formula is C15H28BNO. The highest BCUT2D eigenvalue weighted by Gasteiger charge is 2.37. The first kappa shape index (κ1) is 14.0. The molecular weight excluding hydrogens is 221 g/mol. The number of fused-ring (bicyclic) bond motifs is 1. The van der Waals surface area contributed by atoms with Gasteiger partial charge in [0.05, 0.1) is 0 Å². The zero-order valence-corrected chi connectivity index (χ0v) is 12.3. The van der Waals surface area contributed by atoms with Crippen LogP contribution in [0.3, 0.4) is 0 Å². The van der Waals surface area contributed by atoms with Crippen molar-refractivity contribution in [2.75, 3.05) is 6.54 Å². The van der Waals surface area contributed by atoms with Crippen LogP contribution >= 0.6 is 0 Å². The Balaban J connectivity index is 2.05. The van der Waals surface area contributed by atoms with Gasteiger partial charge in [-0.3, -0.25) is 4.79 Å². The molecule has 2 nitrogen and oxygen atoms in total. The molecule has 1 aliphatic carbocycles.